The summed E-state index contributed by atoms with van der Waals surface area (Å²) in [5, 5.41) is 13.3. The molecule has 0 aromatic carbocycles. The summed E-state index contributed by atoms with van der Waals surface area (Å²) in [6.07, 6.45) is 8.77. The Balaban J connectivity index is 1.80. The second kappa shape index (κ2) is 7.24. The van der Waals surface area contributed by atoms with Gasteiger partial charge in [-0.25, -0.2) is 0 Å². The van der Waals surface area contributed by atoms with Crippen molar-refractivity contribution in [1.29, 1.82) is 0 Å². The highest BCUT2D eigenvalue weighted by atomic mass is 16.5. The lowest BCUT2D eigenvalue weighted by molar-refractivity contribution is -0.0478. The Morgan fingerprint density at radius 2 is 1.95 bits per heavy atom. The van der Waals surface area contributed by atoms with Gasteiger partial charge in [0.05, 0.1) is 18.8 Å². The summed E-state index contributed by atoms with van der Waals surface area (Å²) in [5.74, 6) is 1.64. The van der Waals surface area contributed by atoms with Crippen molar-refractivity contribution >= 4 is 0 Å². The van der Waals surface area contributed by atoms with E-state index in [-0.39, 0.29) is 12.1 Å². The van der Waals surface area contributed by atoms with Crippen LogP contribution in [0.25, 0.3) is 0 Å². The fraction of sp³-hybridized carbons (Fsp3) is 1.00. The zero-order valence-electron chi connectivity index (χ0n) is 13.5. The normalized spacial score (nSPS) is 42.0. The molecule has 3 heteroatoms. The third-order valence-corrected chi connectivity index (χ3v) is 5.55. The first-order chi connectivity index (χ1) is 9.58. The van der Waals surface area contributed by atoms with E-state index in [1.165, 1.54) is 19.3 Å². The Hall–Kier alpha value is -0.120. The molecule has 0 heterocycles. The van der Waals surface area contributed by atoms with Crippen LogP contribution in [-0.4, -0.2) is 36.0 Å². The molecule has 0 amide bonds. The fourth-order valence-corrected chi connectivity index (χ4v) is 3.84. The average molecular weight is 283 g/mol. The molecule has 2 rings (SSSR count). The van der Waals surface area contributed by atoms with Crippen LogP contribution in [-0.2, 0) is 4.74 Å². The van der Waals surface area contributed by atoms with E-state index in [0.29, 0.717) is 12.2 Å². The third-order valence-electron chi connectivity index (χ3n) is 5.55. The first-order valence-electron chi connectivity index (χ1n) is 8.60. The highest BCUT2D eigenvalue weighted by Crippen LogP contribution is 2.36. The van der Waals surface area contributed by atoms with E-state index >= 15 is 0 Å². The molecule has 2 N–H and O–H groups in total. The van der Waals surface area contributed by atoms with E-state index in [0.717, 1.165) is 44.1 Å². The first kappa shape index (κ1) is 16.3. The van der Waals surface area contributed by atoms with Gasteiger partial charge < -0.3 is 15.2 Å². The van der Waals surface area contributed by atoms with Gasteiger partial charge in [0.15, 0.2) is 0 Å². The Kier molecular flexibility index (Phi) is 5.88. The molecular weight excluding hydrogens is 250 g/mol. The van der Waals surface area contributed by atoms with Crippen molar-refractivity contribution in [2.75, 3.05) is 13.2 Å². The maximum absolute atomic E-state index is 9.73. The van der Waals surface area contributed by atoms with E-state index < -0.39 is 0 Å². The Labute approximate surface area is 124 Å². The third kappa shape index (κ3) is 3.96. The van der Waals surface area contributed by atoms with Crippen molar-refractivity contribution in [2.45, 2.75) is 83.5 Å². The summed E-state index contributed by atoms with van der Waals surface area (Å²) in [6.45, 7) is 8.12. The van der Waals surface area contributed by atoms with E-state index in [1.807, 2.05) is 0 Å². The highest BCUT2D eigenvalue weighted by molar-refractivity contribution is 4.97. The van der Waals surface area contributed by atoms with Crippen LogP contribution in [0, 0.1) is 11.8 Å². The molecule has 0 radical (unpaired) electrons. The molecule has 20 heavy (non-hydrogen) atoms. The molecule has 2 fully saturated rings. The summed E-state index contributed by atoms with van der Waals surface area (Å²) in [6, 6.07) is 0. The SMILES string of the molecule is CCCNC1(CO)CCC(OC2CCC(C)C(C)C2)C1. The number of aliphatic hydroxyl groups is 1. The lowest BCUT2D eigenvalue weighted by atomic mass is 9.80. The lowest BCUT2D eigenvalue weighted by Gasteiger charge is -2.34. The van der Waals surface area contributed by atoms with Gasteiger partial charge in [-0.3, -0.25) is 0 Å². The van der Waals surface area contributed by atoms with Crippen LogP contribution in [0.4, 0.5) is 0 Å². The van der Waals surface area contributed by atoms with Crippen LogP contribution >= 0.6 is 0 Å². The van der Waals surface area contributed by atoms with E-state index in [4.69, 9.17) is 4.74 Å². The van der Waals surface area contributed by atoms with Gasteiger partial charge in [-0.1, -0.05) is 20.8 Å². The van der Waals surface area contributed by atoms with Gasteiger partial charge in [-0.2, -0.15) is 0 Å². The smallest absolute Gasteiger partial charge is 0.0614 e. The van der Waals surface area contributed by atoms with Crippen molar-refractivity contribution < 1.29 is 9.84 Å². The van der Waals surface area contributed by atoms with Crippen molar-refractivity contribution in [3.63, 3.8) is 0 Å². The lowest BCUT2D eigenvalue weighted by Crippen LogP contribution is -2.47. The first-order valence-corrected chi connectivity index (χ1v) is 8.60. The van der Waals surface area contributed by atoms with E-state index in [9.17, 15) is 5.11 Å². The van der Waals surface area contributed by atoms with Crippen molar-refractivity contribution in [2.24, 2.45) is 11.8 Å². The Morgan fingerprint density at radius 3 is 2.60 bits per heavy atom. The van der Waals surface area contributed by atoms with Crippen LogP contribution < -0.4 is 5.32 Å². The molecule has 0 bridgehead atoms. The fourth-order valence-electron chi connectivity index (χ4n) is 3.84. The minimum Gasteiger partial charge on any atom is -0.394 e. The van der Waals surface area contributed by atoms with Crippen LogP contribution in [0.5, 0.6) is 0 Å². The van der Waals surface area contributed by atoms with Gasteiger partial charge in [0.25, 0.3) is 0 Å². The quantitative estimate of drug-likeness (QED) is 0.787. The molecule has 0 aromatic rings. The van der Waals surface area contributed by atoms with E-state index in [2.05, 4.69) is 26.1 Å². The maximum atomic E-state index is 9.73. The predicted octanol–water partition coefficient (Wildman–Crippen LogP) is 3.11. The standard InChI is InChI=1S/C17H33NO2/c1-4-9-18-17(12-19)8-7-16(11-17)20-15-6-5-13(2)14(3)10-15/h13-16,18-19H,4-12H2,1-3H3. The second-order valence-corrected chi connectivity index (χ2v) is 7.26. The molecule has 2 aliphatic rings. The van der Waals surface area contributed by atoms with Crippen LogP contribution in [0.1, 0.15) is 65.7 Å². The number of hydrogen-bond acceptors (Lipinski definition) is 3. The molecule has 0 spiro atoms. The molecular formula is C17H33NO2. The Bertz CT molecular complexity index is 297. The number of ether oxygens (including phenoxy) is 1. The zero-order valence-corrected chi connectivity index (χ0v) is 13.5. The van der Waals surface area contributed by atoms with Gasteiger partial charge >= 0.3 is 0 Å². The van der Waals surface area contributed by atoms with Gasteiger partial charge in [0, 0.05) is 5.54 Å². The summed E-state index contributed by atoms with van der Waals surface area (Å²) in [4.78, 5) is 0. The highest BCUT2D eigenvalue weighted by Gasteiger charge is 2.40. The number of nitrogens with one attached hydrogen (secondary N) is 1. The molecule has 3 nitrogen and oxygen atoms in total. The van der Waals surface area contributed by atoms with Crippen molar-refractivity contribution in [3.05, 3.63) is 0 Å². The topological polar surface area (TPSA) is 41.5 Å². The second-order valence-electron chi connectivity index (χ2n) is 7.26. The molecule has 2 saturated carbocycles. The molecule has 0 aromatic heterocycles. The number of hydrogen-bond donors (Lipinski definition) is 2. The minimum atomic E-state index is -0.0751. The van der Waals surface area contributed by atoms with Crippen molar-refractivity contribution in [1.82, 2.24) is 5.32 Å². The number of aliphatic hydroxyl groups excluding tert-OH is 1. The van der Waals surface area contributed by atoms with E-state index in [1.54, 1.807) is 0 Å². The monoisotopic (exact) mass is 283 g/mol. The van der Waals surface area contributed by atoms with Crippen LogP contribution in [0.2, 0.25) is 0 Å². The summed E-state index contributed by atoms with van der Waals surface area (Å²) < 4.78 is 6.36. The summed E-state index contributed by atoms with van der Waals surface area (Å²) in [7, 11) is 0. The van der Waals surface area contributed by atoms with Gasteiger partial charge in [0.2, 0.25) is 0 Å². The molecule has 0 saturated heterocycles. The summed E-state index contributed by atoms with van der Waals surface area (Å²) >= 11 is 0. The van der Waals surface area contributed by atoms with Crippen LogP contribution in [0.3, 0.4) is 0 Å². The average Bonchev–Trinajstić information content (AvgIpc) is 2.85. The largest absolute Gasteiger partial charge is 0.394 e. The molecule has 2 aliphatic carbocycles. The van der Waals surface area contributed by atoms with Gasteiger partial charge in [-0.05, 0) is 63.3 Å². The molecule has 5 unspecified atom stereocenters. The number of rotatable bonds is 6. The Morgan fingerprint density at radius 1 is 1.15 bits per heavy atom. The predicted molar refractivity (Wildman–Crippen MR) is 82.8 cm³/mol. The van der Waals surface area contributed by atoms with Gasteiger partial charge in [0.1, 0.15) is 0 Å². The molecule has 5 atom stereocenters. The molecule has 118 valence electrons. The maximum Gasteiger partial charge on any atom is 0.0614 e. The van der Waals surface area contributed by atoms with Crippen LogP contribution in [0.15, 0.2) is 0 Å². The molecule has 0 aliphatic heterocycles. The zero-order chi connectivity index (χ0) is 14.6. The van der Waals surface area contributed by atoms with Crippen molar-refractivity contribution in [3.8, 4) is 0 Å². The summed E-state index contributed by atoms with van der Waals surface area (Å²) in [5.41, 5.74) is -0.0751. The minimum absolute atomic E-state index is 0.0751. The van der Waals surface area contributed by atoms with Gasteiger partial charge in [-0.15, -0.1) is 0 Å².